The van der Waals surface area contributed by atoms with E-state index < -0.39 is 4.92 Å². The molecule has 2 amide bonds. The van der Waals surface area contributed by atoms with Gasteiger partial charge in [0.25, 0.3) is 17.5 Å². The van der Waals surface area contributed by atoms with Gasteiger partial charge >= 0.3 is 0 Å². The van der Waals surface area contributed by atoms with Crippen molar-refractivity contribution in [1.29, 1.82) is 0 Å². The van der Waals surface area contributed by atoms with Crippen LogP contribution >= 0.6 is 0 Å². The molecule has 1 saturated carbocycles. The number of hydrogen-bond donors (Lipinski definition) is 0. The SMILES string of the molecule is O=C1C(c2ccc([N+](=O)[O-])cc2)=C(N2CCc3ccccc3C2)C(=O)N1C1CCCCC1. The fourth-order valence-electron chi connectivity index (χ4n) is 5.20. The van der Waals surface area contributed by atoms with Crippen molar-refractivity contribution in [2.75, 3.05) is 6.54 Å². The van der Waals surface area contributed by atoms with Crippen molar-refractivity contribution in [2.24, 2.45) is 0 Å². The van der Waals surface area contributed by atoms with Crippen LogP contribution in [0.3, 0.4) is 0 Å². The average molecular weight is 431 g/mol. The van der Waals surface area contributed by atoms with Crippen LogP contribution < -0.4 is 0 Å². The van der Waals surface area contributed by atoms with Gasteiger partial charge < -0.3 is 4.90 Å². The first-order valence-electron chi connectivity index (χ1n) is 11.2. The van der Waals surface area contributed by atoms with Gasteiger partial charge in [-0.15, -0.1) is 0 Å². The Bertz CT molecular complexity index is 1120. The molecule has 2 aliphatic heterocycles. The van der Waals surface area contributed by atoms with Gasteiger partial charge in [-0.25, -0.2) is 0 Å². The number of fused-ring (bicyclic) bond motifs is 1. The molecule has 7 nitrogen and oxygen atoms in total. The standard InChI is InChI=1S/C25H25N3O4/c29-24-22(18-10-12-21(13-11-18)28(31)32)23(25(30)27(24)20-8-2-1-3-9-20)26-15-14-17-6-4-5-7-19(17)16-26/h4-7,10-13,20H,1-3,8-9,14-16H2. The molecule has 164 valence electrons. The lowest BCUT2D eigenvalue weighted by molar-refractivity contribution is -0.384. The van der Waals surface area contributed by atoms with Crippen LogP contribution in [-0.2, 0) is 22.6 Å². The normalized spacial score (nSPS) is 19.5. The van der Waals surface area contributed by atoms with Gasteiger partial charge in [-0.05, 0) is 48.1 Å². The molecule has 2 aromatic carbocycles. The Hall–Kier alpha value is -3.48. The Balaban J connectivity index is 1.57. The quantitative estimate of drug-likeness (QED) is 0.414. The Morgan fingerprint density at radius 1 is 0.875 bits per heavy atom. The summed E-state index contributed by atoms with van der Waals surface area (Å²) in [5.74, 6) is -0.501. The van der Waals surface area contributed by atoms with Gasteiger partial charge in [-0.2, -0.15) is 0 Å². The number of hydrogen-bond acceptors (Lipinski definition) is 5. The lowest BCUT2D eigenvalue weighted by Gasteiger charge is -2.33. The maximum Gasteiger partial charge on any atom is 0.278 e. The minimum Gasteiger partial charge on any atom is -0.362 e. The second-order valence-corrected chi connectivity index (χ2v) is 8.74. The molecular weight excluding hydrogens is 406 g/mol. The van der Waals surface area contributed by atoms with Crippen molar-refractivity contribution >= 4 is 23.1 Å². The van der Waals surface area contributed by atoms with Crippen molar-refractivity contribution in [3.8, 4) is 0 Å². The molecule has 0 aromatic heterocycles. The zero-order valence-electron chi connectivity index (χ0n) is 17.8. The van der Waals surface area contributed by atoms with Crippen LogP contribution in [0.25, 0.3) is 5.57 Å². The third kappa shape index (κ3) is 3.47. The molecule has 0 atom stereocenters. The third-order valence-corrected chi connectivity index (χ3v) is 6.84. The van der Waals surface area contributed by atoms with E-state index in [9.17, 15) is 19.7 Å². The van der Waals surface area contributed by atoms with Crippen LogP contribution in [0.5, 0.6) is 0 Å². The zero-order valence-corrected chi connectivity index (χ0v) is 17.8. The van der Waals surface area contributed by atoms with E-state index in [0.29, 0.717) is 29.9 Å². The van der Waals surface area contributed by atoms with E-state index in [2.05, 4.69) is 12.1 Å². The van der Waals surface area contributed by atoms with Gasteiger partial charge in [-0.3, -0.25) is 24.6 Å². The first-order valence-corrected chi connectivity index (χ1v) is 11.2. The number of rotatable bonds is 4. The van der Waals surface area contributed by atoms with Crippen LogP contribution in [0.1, 0.15) is 48.8 Å². The highest BCUT2D eigenvalue weighted by Crippen LogP contribution is 2.38. The maximum atomic E-state index is 13.7. The van der Waals surface area contributed by atoms with Gasteiger partial charge in [0.15, 0.2) is 0 Å². The summed E-state index contributed by atoms with van der Waals surface area (Å²) in [6.45, 7) is 1.22. The number of non-ortho nitro benzene ring substituents is 1. The molecule has 2 aromatic rings. The topological polar surface area (TPSA) is 83.8 Å². The summed E-state index contributed by atoms with van der Waals surface area (Å²) in [6, 6.07) is 14.1. The smallest absolute Gasteiger partial charge is 0.278 e. The Morgan fingerprint density at radius 3 is 2.25 bits per heavy atom. The van der Waals surface area contributed by atoms with Gasteiger partial charge in [0.1, 0.15) is 5.70 Å². The molecule has 0 saturated heterocycles. The summed E-state index contributed by atoms with van der Waals surface area (Å²) in [5, 5.41) is 11.1. The molecule has 2 heterocycles. The maximum absolute atomic E-state index is 13.7. The molecule has 5 rings (SSSR count). The minimum absolute atomic E-state index is 0.0382. The highest BCUT2D eigenvalue weighted by atomic mass is 16.6. The second kappa shape index (κ2) is 8.22. The van der Waals surface area contributed by atoms with Gasteiger partial charge in [-0.1, -0.05) is 43.5 Å². The summed E-state index contributed by atoms with van der Waals surface area (Å²) >= 11 is 0. The van der Waals surface area contributed by atoms with Crippen LogP contribution in [0.15, 0.2) is 54.2 Å². The third-order valence-electron chi connectivity index (χ3n) is 6.84. The van der Waals surface area contributed by atoms with E-state index in [-0.39, 0.29) is 23.5 Å². The number of carbonyl (C=O) groups is 2. The van der Waals surface area contributed by atoms with Crippen LogP contribution in [-0.4, -0.2) is 39.1 Å². The number of nitro groups is 1. The lowest BCUT2D eigenvalue weighted by Crippen LogP contribution is -2.44. The lowest BCUT2D eigenvalue weighted by atomic mass is 9.94. The van der Waals surface area contributed by atoms with Crippen molar-refractivity contribution in [1.82, 2.24) is 9.80 Å². The average Bonchev–Trinajstić information content (AvgIpc) is 3.09. The first-order chi connectivity index (χ1) is 15.5. The number of imide groups is 1. The Morgan fingerprint density at radius 2 is 1.56 bits per heavy atom. The molecule has 0 unspecified atom stereocenters. The molecule has 0 spiro atoms. The first kappa shape index (κ1) is 20.4. The molecule has 0 radical (unpaired) electrons. The molecular formula is C25H25N3O4. The summed E-state index contributed by atoms with van der Waals surface area (Å²) in [7, 11) is 0. The van der Waals surface area contributed by atoms with Crippen LogP contribution in [0.4, 0.5) is 5.69 Å². The molecule has 32 heavy (non-hydrogen) atoms. The molecule has 0 N–H and O–H groups in total. The van der Waals surface area contributed by atoms with Crippen LogP contribution in [0.2, 0.25) is 0 Å². The summed E-state index contributed by atoms with van der Waals surface area (Å²) in [4.78, 5) is 41.4. The summed E-state index contributed by atoms with van der Waals surface area (Å²) in [6.07, 6.45) is 5.63. The van der Waals surface area contributed by atoms with Gasteiger partial charge in [0.05, 0.1) is 10.5 Å². The monoisotopic (exact) mass is 431 g/mol. The molecule has 3 aliphatic rings. The van der Waals surface area contributed by atoms with Gasteiger partial charge in [0, 0.05) is 31.3 Å². The Labute approximate surface area is 186 Å². The number of benzene rings is 2. The summed E-state index contributed by atoms with van der Waals surface area (Å²) < 4.78 is 0. The predicted octanol–water partition coefficient (Wildman–Crippen LogP) is 4.07. The minimum atomic E-state index is -0.462. The highest BCUT2D eigenvalue weighted by molar-refractivity contribution is 6.35. The van der Waals surface area contributed by atoms with E-state index in [4.69, 9.17) is 0 Å². The zero-order chi connectivity index (χ0) is 22.2. The van der Waals surface area contributed by atoms with E-state index in [1.54, 1.807) is 12.1 Å². The molecule has 1 fully saturated rings. The van der Waals surface area contributed by atoms with Crippen molar-refractivity contribution in [3.05, 3.63) is 81.0 Å². The molecule has 7 heteroatoms. The van der Waals surface area contributed by atoms with E-state index in [0.717, 1.165) is 44.1 Å². The number of amides is 2. The largest absolute Gasteiger partial charge is 0.362 e. The fourth-order valence-corrected chi connectivity index (χ4v) is 5.20. The summed E-state index contributed by atoms with van der Waals surface area (Å²) in [5.41, 5.74) is 3.75. The molecule has 0 bridgehead atoms. The van der Waals surface area contributed by atoms with E-state index in [1.807, 2.05) is 17.0 Å². The second-order valence-electron chi connectivity index (χ2n) is 8.74. The van der Waals surface area contributed by atoms with E-state index in [1.165, 1.54) is 22.6 Å². The Kier molecular flexibility index (Phi) is 5.25. The molecule has 1 aliphatic carbocycles. The number of nitro benzene ring substituents is 1. The fraction of sp³-hybridized carbons (Fsp3) is 0.360. The number of carbonyl (C=O) groups excluding carboxylic acids is 2. The van der Waals surface area contributed by atoms with Gasteiger partial charge in [0.2, 0.25) is 0 Å². The van der Waals surface area contributed by atoms with E-state index >= 15 is 0 Å². The van der Waals surface area contributed by atoms with Crippen molar-refractivity contribution in [2.45, 2.75) is 51.1 Å². The highest BCUT2D eigenvalue weighted by Gasteiger charge is 2.45. The van der Waals surface area contributed by atoms with Crippen molar-refractivity contribution < 1.29 is 14.5 Å². The van der Waals surface area contributed by atoms with Crippen LogP contribution in [0, 0.1) is 10.1 Å². The predicted molar refractivity (Wildman–Crippen MR) is 119 cm³/mol. The van der Waals surface area contributed by atoms with Crippen molar-refractivity contribution in [3.63, 3.8) is 0 Å². The number of nitrogens with zero attached hydrogens (tertiary/aromatic N) is 3.